The van der Waals surface area contributed by atoms with E-state index in [1.807, 2.05) is 18.2 Å². The SMILES string of the molecule is COc1cccc(NC2CCN(Cc3nncs3)CC2)c1. The van der Waals surface area contributed by atoms with E-state index in [0.717, 1.165) is 48.9 Å². The van der Waals surface area contributed by atoms with Crippen LogP contribution in [0.2, 0.25) is 0 Å². The first-order chi connectivity index (χ1) is 10.3. The molecule has 0 atom stereocenters. The minimum Gasteiger partial charge on any atom is -0.497 e. The number of hydrogen-bond donors (Lipinski definition) is 1. The number of nitrogens with zero attached hydrogens (tertiary/aromatic N) is 3. The average Bonchev–Trinajstić information content (AvgIpc) is 3.02. The Hall–Kier alpha value is -1.66. The van der Waals surface area contributed by atoms with E-state index in [4.69, 9.17) is 4.74 Å². The number of rotatable bonds is 5. The van der Waals surface area contributed by atoms with E-state index >= 15 is 0 Å². The minimum absolute atomic E-state index is 0.530. The molecule has 0 bridgehead atoms. The first-order valence-corrected chi connectivity index (χ1v) is 8.09. The van der Waals surface area contributed by atoms with Crippen molar-refractivity contribution in [2.45, 2.75) is 25.4 Å². The molecule has 0 amide bonds. The van der Waals surface area contributed by atoms with Gasteiger partial charge in [0.2, 0.25) is 0 Å². The minimum atomic E-state index is 0.530. The van der Waals surface area contributed by atoms with Gasteiger partial charge in [0.15, 0.2) is 0 Å². The highest BCUT2D eigenvalue weighted by molar-refractivity contribution is 7.09. The summed E-state index contributed by atoms with van der Waals surface area (Å²) in [6.07, 6.45) is 2.30. The van der Waals surface area contributed by atoms with Crippen LogP contribution in [-0.2, 0) is 6.54 Å². The fourth-order valence-electron chi connectivity index (χ4n) is 2.64. The maximum absolute atomic E-state index is 5.26. The summed E-state index contributed by atoms with van der Waals surface area (Å²) < 4.78 is 5.26. The summed E-state index contributed by atoms with van der Waals surface area (Å²) in [5.41, 5.74) is 2.93. The first kappa shape index (κ1) is 14.3. The van der Waals surface area contributed by atoms with Gasteiger partial charge in [-0.15, -0.1) is 21.5 Å². The number of hydrogen-bond acceptors (Lipinski definition) is 6. The monoisotopic (exact) mass is 304 g/mol. The second-order valence-corrected chi connectivity index (χ2v) is 6.18. The normalized spacial score (nSPS) is 16.8. The molecule has 1 aliphatic heterocycles. The molecule has 2 aromatic rings. The number of piperidine rings is 1. The summed E-state index contributed by atoms with van der Waals surface area (Å²) >= 11 is 1.63. The Balaban J connectivity index is 1.49. The molecular formula is C15H20N4OS. The molecule has 0 radical (unpaired) electrons. The predicted molar refractivity (Wildman–Crippen MR) is 84.8 cm³/mol. The Morgan fingerprint density at radius 3 is 2.95 bits per heavy atom. The van der Waals surface area contributed by atoms with Crippen molar-refractivity contribution in [2.24, 2.45) is 0 Å². The van der Waals surface area contributed by atoms with Crippen LogP contribution in [0, 0.1) is 0 Å². The number of anilines is 1. The van der Waals surface area contributed by atoms with Crippen molar-refractivity contribution >= 4 is 17.0 Å². The Bertz CT molecular complexity index is 553. The summed E-state index contributed by atoms with van der Waals surface area (Å²) in [7, 11) is 1.70. The molecule has 1 saturated heterocycles. The Morgan fingerprint density at radius 2 is 2.24 bits per heavy atom. The fraction of sp³-hybridized carbons (Fsp3) is 0.467. The van der Waals surface area contributed by atoms with Crippen molar-refractivity contribution in [1.82, 2.24) is 15.1 Å². The van der Waals surface area contributed by atoms with Crippen LogP contribution in [0.3, 0.4) is 0 Å². The van der Waals surface area contributed by atoms with Crippen LogP contribution in [0.25, 0.3) is 0 Å². The predicted octanol–water partition coefficient (Wildman–Crippen LogP) is 2.62. The zero-order valence-corrected chi connectivity index (χ0v) is 13.0. The van der Waals surface area contributed by atoms with Crippen molar-refractivity contribution in [1.29, 1.82) is 0 Å². The molecule has 1 aromatic heterocycles. The van der Waals surface area contributed by atoms with E-state index < -0.39 is 0 Å². The molecule has 0 aliphatic carbocycles. The molecule has 0 unspecified atom stereocenters. The Labute approximate surface area is 129 Å². The van der Waals surface area contributed by atoms with Crippen LogP contribution in [0.4, 0.5) is 5.69 Å². The van der Waals surface area contributed by atoms with Crippen LogP contribution < -0.4 is 10.1 Å². The molecule has 3 rings (SSSR count). The number of nitrogens with one attached hydrogen (secondary N) is 1. The Morgan fingerprint density at radius 1 is 1.38 bits per heavy atom. The largest absolute Gasteiger partial charge is 0.497 e. The third-order valence-electron chi connectivity index (χ3n) is 3.79. The lowest BCUT2D eigenvalue weighted by Crippen LogP contribution is -2.38. The maximum Gasteiger partial charge on any atom is 0.131 e. The van der Waals surface area contributed by atoms with Gasteiger partial charge in [-0.3, -0.25) is 4.90 Å². The van der Waals surface area contributed by atoms with Crippen molar-refractivity contribution < 1.29 is 4.74 Å². The molecular weight excluding hydrogens is 284 g/mol. The number of benzene rings is 1. The molecule has 21 heavy (non-hydrogen) atoms. The van der Waals surface area contributed by atoms with Gasteiger partial charge in [0.25, 0.3) is 0 Å². The van der Waals surface area contributed by atoms with Crippen molar-refractivity contribution in [3.8, 4) is 5.75 Å². The number of aromatic nitrogens is 2. The second kappa shape index (κ2) is 6.87. The van der Waals surface area contributed by atoms with Crippen LogP contribution >= 0.6 is 11.3 Å². The smallest absolute Gasteiger partial charge is 0.131 e. The Kier molecular flexibility index (Phi) is 4.67. The van der Waals surface area contributed by atoms with Gasteiger partial charge in [0, 0.05) is 30.9 Å². The van der Waals surface area contributed by atoms with Crippen molar-refractivity contribution in [2.75, 3.05) is 25.5 Å². The van der Waals surface area contributed by atoms with E-state index in [1.54, 1.807) is 24.0 Å². The molecule has 2 heterocycles. The molecule has 1 fully saturated rings. The lowest BCUT2D eigenvalue weighted by molar-refractivity contribution is 0.210. The van der Waals surface area contributed by atoms with Gasteiger partial charge in [-0.2, -0.15) is 0 Å². The van der Waals surface area contributed by atoms with E-state index in [0.29, 0.717) is 6.04 Å². The highest BCUT2D eigenvalue weighted by Gasteiger charge is 2.19. The summed E-state index contributed by atoms with van der Waals surface area (Å²) in [5.74, 6) is 0.897. The fourth-order valence-corrected chi connectivity index (χ4v) is 3.21. The van der Waals surface area contributed by atoms with Crippen LogP contribution in [0.5, 0.6) is 5.75 Å². The number of methoxy groups -OCH3 is 1. The molecule has 0 spiro atoms. The van der Waals surface area contributed by atoms with Crippen molar-refractivity contribution in [3.63, 3.8) is 0 Å². The second-order valence-electron chi connectivity index (χ2n) is 5.26. The van der Waals surface area contributed by atoms with Gasteiger partial charge < -0.3 is 10.1 Å². The topological polar surface area (TPSA) is 50.3 Å². The van der Waals surface area contributed by atoms with Crippen LogP contribution in [0.1, 0.15) is 17.8 Å². The summed E-state index contributed by atoms with van der Waals surface area (Å²) in [5, 5.41) is 12.7. The van der Waals surface area contributed by atoms with Crippen LogP contribution in [0.15, 0.2) is 29.8 Å². The van der Waals surface area contributed by atoms with Gasteiger partial charge in [-0.25, -0.2) is 0 Å². The summed E-state index contributed by atoms with van der Waals surface area (Å²) in [4.78, 5) is 2.45. The van der Waals surface area contributed by atoms with Gasteiger partial charge in [-0.1, -0.05) is 6.07 Å². The van der Waals surface area contributed by atoms with E-state index in [9.17, 15) is 0 Å². The molecule has 1 aliphatic rings. The molecule has 112 valence electrons. The van der Waals surface area contributed by atoms with E-state index in [2.05, 4.69) is 26.5 Å². The zero-order valence-electron chi connectivity index (χ0n) is 12.2. The van der Waals surface area contributed by atoms with Gasteiger partial charge in [-0.05, 0) is 25.0 Å². The number of likely N-dealkylation sites (tertiary alicyclic amines) is 1. The van der Waals surface area contributed by atoms with Gasteiger partial charge >= 0.3 is 0 Å². The van der Waals surface area contributed by atoms with Gasteiger partial charge in [0.1, 0.15) is 16.3 Å². The first-order valence-electron chi connectivity index (χ1n) is 7.21. The van der Waals surface area contributed by atoms with Crippen molar-refractivity contribution in [3.05, 3.63) is 34.8 Å². The van der Waals surface area contributed by atoms with Crippen LogP contribution in [-0.4, -0.2) is 41.3 Å². The highest BCUT2D eigenvalue weighted by Crippen LogP contribution is 2.21. The maximum atomic E-state index is 5.26. The molecule has 1 aromatic carbocycles. The zero-order chi connectivity index (χ0) is 14.5. The average molecular weight is 304 g/mol. The van der Waals surface area contributed by atoms with E-state index in [1.165, 1.54) is 0 Å². The number of ether oxygens (including phenoxy) is 1. The summed E-state index contributed by atoms with van der Waals surface area (Å²) in [6, 6.07) is 8.66. The standard InChI is InChI=1S/C15H20N4OS/c1-20-14-4-2-3-13(9-14)17-12-5-7-19(8-6-12)10-15-18-16-11-21-15/h2-4,9,11-12,17H,5-8,10H2,1H3. The van der Waals surface area contributed by atoms with E-state index in [-0.39, 0.29) is 0 Å². The lowest BCUT2D eigenvalue weighted by atomic mass is 10.0. The molecule has 5 nitrogen and oxygen atoms in total. The third-order valence-corrected chi connectivity index (χ3v) is 4.47. The third kappa shape index (κ3) is 3.92. The lowest BCUT2D eigenvalue weighted by Gasteiger charge is -2.32. The van der Waals surface area contributed by atoms with Gasteiger partial charge in [0.05, 0.1) is 13.7 Å². The molecule has 6 heteroatoms. The molecule has 0 saturated carbocycles. The quantitative estimate of drug-likeness (QED) is 0.920. The highest BCUT2D eigenvalue weighted by atomic mass is 32.1. The molecule has 1 N–H and O–H groups in total. The summed E-state index contributed by atoms with van der Waals surface area (Å²) in [6.45, 7) is 3.12.